The third kappa shape index (κ3) is 8.10. The Morgan fingerprint density at radius 3 is 2.29 bits per heavy atom. The van der Waals surface area contributed by atoms with E-state index >= 15 is 0 Å². The number of carbonyl (C=O) groups is 2. The molecule has 3 aromatic rings. The highest BCUT2D eigenvalue weighted by Gasteiger charge is 2.14. The van der Waals surface area contributed by atoms with Gasteiger partial charge in [0, 0.05) is 0 Å². The molecule has 0 spiro atoms. The molecule has 34 heavy (non-hydrogen) atoms. The van der Waals surface area contributed by atoms with Crippen LogP contribution in [-0.2, 0) is 4.79 Å². The van der Waals surface area contributed by atoms with E-state index in [9.17, 15) is 9.59 Å². The van der Waals surface area contributed by atoms with Gasteiger partial charge in [0.2, 0.25) is 0 Å². The van der Waals surface area contributed by atoms with Gasteiger partial charge < -0.3 is 14.2 Å². The van der Waals surface area contributed by atoms with Gasteiger partial charge in [-0.25, -0.2) is 0 Å². The third-order valence-electron chi connectivity index (χ3n) is 4.39. The first kappa shape index (κ1) is 24.5. The predicted octanol–water partition coefficient (Wildman–Crippen LogP) is 3.17. The van der Waals surface area contributed by atoms with Crippen LogP contribution in [0.2, 0.25) is 0 Å². The van der Waals surface area contributed by atoms with Crippen molar-refractivity contribution in [3.63, 3.8) is 0 Å². The van der Waals surface area contributed by atoms with Gasteiger partial charge in [-0.05, 0) is 61.1 Å². The standard InChI is InChI=1S/C25H25N3O5S/c1-18-8-7-11-20(16-18)33-17-23(29)27-28-25(34)26-24(30)21-12-5-6-13-22(21)32-15-14-31-19-9-3-2-4-10-19/h2-13,16H,14-15,17H2,1H3,(H,27,29)(H2,26,28,30,34). The Kier molecular flexibility index (Phi) is 9.24. The van der Waals surface area contributed by atoms with Crippen LogP contribution >= 0.6 is 12.2 Å². The van der Waals surface area contributed by atoms with Gasteiger partial charge in [0.05, 0.1) is 5.56 Å². The fourth-order valence-electron chi connectivity index (χ4n) is 2.83. The summed E-state index contributed by atoms with van der Waals surface area (Å²) in [6.45, 7) is 2.28. The lowest BCUT2D eigenvalue weighted by molar-refractivity contribution is -0.123. The summed E-state index contributed by atoms with van der Waals surface area (Å²) in [4.78, 5) is 24.6. The maximum Gasteiger partial charge on any atom is 0.276 e. The van der Waals surface area contributed by atoms with Gasteiger partial charge in [-0.1, -0.05) is 42.5 Å². The maximum absolute atomic E-state index is 12.6. The average molecular weight is 480 g/mol. The van der Waals surface area contributed by atoms with E-state index in [-0.39, 0.29) is 18.3 Å². The first-order valence-electron chi connectivity index (χ1n) is 10.5. The van der Waals surface area contributed by atoms with Gasteiger partial charge in [0.1, 0.15) is 30.5 Å². The van der Waals surface area contributed by atoms with E-state index in [0.29, 0.717) is 23.7 Å². The van der Waals surface area contributed by atoms with Crippen LogP contribution in [-0.4, -0.2) is 36.7 Å². The van der Waals surface area contributed by atoms with Crippen LogP contribution in [0, 0.1) is 6.92 Å². The molecule has 0 heterocycles. The number of hydrazine groups is 1. The highest BCUT2D eigenvalue weighted by Crippen LogP contribution is 2.18. The fourth-order valence-corrected chi connectivity index (χ4v) is 2.97. The highest BCUT2D eigenvalue weighted by molar-refractivity contribution is 7.80. The van der Waals surface area contributed by atoms with Crippen LogP contribution < -0.4 is 30.4 Å². The lowest BCUT2D eigenvalue weighted by atomic mass is 10.2. The number of rotatable bonds is 9. The summed E-state index contributed by atoms with van der Waals surface area (Å²) in [6.07, 6.45) is 0. The zero-order valence-corrected chi connectivity index (χ0v) is 19.4. The molecular formula is C25H25N3O5S. The Labute approximate surface area is 203 Å². The molecule has 0 unspecified atom stereocenters. The molecule has 0 aliphatic heterocycles. The molecule has 3 aromatic carbocycles. The number of thiocarbonyl (C=S) groups is 1. The van der Waals surface area contributed by atoms with Gasteiger partial charge in [0.25, 0.3) is 11.8 Å². The quantitative estimate of drug-likeness (QED) is 0.246. The second-order valence-corrected chi connectivity index (χ2v) is 7.48. The molecule has 8 nitrogen and oxygen atoms in total. The molecule has 0 aliphatic carbocycles. The highest BCUT2D eigenvalue weighted by atomic mass is 32.1. The Hall–Kier alpha value is -4.11. The van der Waals surface area contributed by atoms with E-state index in [2.05, 4.69) is 16.2 Å². The lowest BCUT2D eigenvalue weighted by Gasteiger charge is -2.14. The summed E-state index contributed by atoms with van der Waals surface area (Å²) < 4.78 is 16.7. The summed E-state index contributed by atoms with van der Waals surface area (Å²) in [6, 6.07) is 23.5. The SMILES string of the molecule is Cc1cccc(OCC(=O)NNC(=S)NC(=O)c2ccccc2OCCOc2ccccc2)c1. The van der Waals surface area contributed by atoms with Crippen LogP contribution in [0.25, 0.3) is 0 Å². The van der Waals surface area contributed by atoms with Crippen molar-refractivity contribution in [3.05, 3.63) is 90.0 Å². The first-order chi connectivity index (χ1) is 16.5. The lowest BCUT2D eigenvalue weighted by Crippen LogP contribution is -2.49. The van der Waals surface area contributed by atoms with Crippen LogP contribution in [0.15, 0.2) is 78.9 Å². The largest absolute Gasteiger partial charge is 0.490 e. The van der Waals surface area contributed by atoms with Gasteiger partial charge in [-0.3, -0.25) is 25.8 Å². The molecule has 0 radical (unpaired) electrons. The van der Waals surface area contributed by atoms with Crippen molar-refractivity contribution in [2.45, 2.75) is 6.92 Å². The molecule has 0 saturated heterocycles. The van der Waals surface area contributed by atoms with Gasteiger partial charge in [-0.15, -0.1) is 0 Å². The van der Waals surface area contributed by atoms with E-state index in [0.717, 1.165) is 11.3 Å². The van der Waals surface area contributed by atoms with E-state index in [1.807, 2.05) is 55.5 Å². The van der Waals surface area contributed by atoms with E-state index in [1.54, 1.807) is 30.3 Å². The van der Waals surface area contributed by atoms with Gasteiger partial charge in [-0.2, -0.15) is 0 Å². The minimum absolute atomic E-state index is 0.0730. The van der Waals surface area contributed by atoms with E-state index < -0.39 is 11.8 Å². The molecule has 9 heteroatoms. The zero-order chi connectivity index (χ0) is 24.2. The van der Waals surface area contributed by atoms with Crippen LogP contribution in [0.3, 0.4) is 0 Å². The predicted molar refractivity (Wildman–Crippen MR) is 132 cm³/mol. The molecule has 3 rings (SSSR count). The van der Waals surface area contributed by atoms with Crippen LogP contribution in [0.5, 0.6) is 17.2 Å². The van der Waals surface area contributed by atoms with Crippen molar-refractivity contribution in [3.8, 4) is 17.2 Å². The molecule has 3 N–H and O–H groups in total. The Balaban J connectivity index is 1.41. The molecular weight excluding hydrogens is 454 g/mol. The summed E-state index contributed by atoms with van der Waals surface area (Å²) in [5, 5.41) is 2.43. The Morgan fingerprint density at radius 1 is 0.794 bits per heavy atom. The zero-order valence-electron chi connectivity index (χ0n) is 18.6. The van der Waals surface area contributed by atoms with Crippen molar-refractivity contribution < 1.29 is 23.8 Å². The summed E-state index contributed by atoms with van der Waals surface area (Å²) in [5.74, 6) is 0.759. The fraction of sp³-hybridized carbons (Fsp3) is 0.160. The Morgan fingerprint density at radius 2 is 1.50 bits per heavy atom. The molecule has 0 atom stereocenters. The normalized spacial score (nSPS) is 10.0. The maximum atomic E-state index is 12.6. The molecule has 176 valence electrons. The third-order valence-corrected chi connectivity index (χ3v) is 4.59. The van der Waals surface area contributed by atoms with Crippen LogP contribution in [0.4, 0.5) is 0 Å². The molecule has 2 amide bonds. The summed E-state index contributed by atoms with van der Waals surface area (Å²) >= 11 is 5.09. The average Bonchev–Trinajstić information content (AvgIpc) is 2.85. The van der Waals surface area contributed by atoms with E-state index in [4.69, 9.17) is 26.4 Å². The Bertz CT molecular complexity index is 1120. The van der Waals surface area contributed by atoms with Crippen molar-refractivity contribution in [2.75, 3.05) is 19.8 Å². The number of carbonyl (C=O) groups excluding carboxylic acids is 2. The number of benzene rings is 3. The number of hydrogen-bond donors (Lipinski definition) is 3. The molecule has 0 fully saturated rings. The molecule has 0 aromatic heterocycles. The topological polar surface area (TPSA) is 97.9 Å². The molecule has 0 saturated carbocycles. The van der Waals surface area contributed by atoms with Crippen molar-refractivity contribution in [1.29, 1.82) is 0 Å². The minimum Gasteiger partial charge on any atom is -0.490 e. The molecule has 0 bridgehead atoms. The van der Waals surface area contributed by atoms with Crippen molar-refractivity contribution >= 4 is 29.1 Å². The van der Waals surface area contributed by atoms with Gasteiger partial charge in [0.15, 0.2) is 11.7 Å². The number of para-hydroxylation sites is 2. The van der Waals surface area contributed by atoms with Gasteiger partial charge >= 0.3 is 0 Å². The molecule has 0 aliphatic rings. The van der Waals surface area contributed by atoms with Crippen molar-refractivity contribution in [2.24, 2.45) is 0 Å². The van der Waals surface area contributed by atoms with E-state index in [1.165, 1.54) is 0 Å². The minimum atomic E-state index is -0.484. The second kappa shape index (κ2) is 12.8. The number of ether oxygens (including phenoxy) is 3. The number of aryl methyl sites for hydroxylation is 1. The number of hydrogen-bond acceptors (Lipinski definition) is 6. The smallest absolute Gasteiger partial charge is 0.276 e. The number of nitrogens with one attached hydrogen (secondary N) is 3. The summed E-state index contributed by atoms with van der Waals surface area (Å²) in [7, 11) is 0. The van der Waals surface area contributed by atoms with Crippen molar-refractivity contribution in [1.82, 2.24) is 16.2 Å². The van der Waals surface area contributed by atoms with Crippen LogP contribution in [0.1, 0.15) is 15.9 Å². The number of amides is 2. The summed E-state index contributed by atoms with van der Waals surface area (Å²) in [5.41, 5.74) is 6.17. The second-order valence-electron chi connectivity index (χ2n) is 7.07. The first-order valence-corrected chi connectivity index (χ1v) is 10.9. The monoisotopic (exact) mass is 479 g/mol.